The number of rotatable bonds is 5. The molecule has 1 amide bonds. The molecule has 4 nitrogen and oxygen atoms in total. The number of nitrogens with one attached hydrogen (secondary N) is 2. The van der Waals surface area contributed by atoms with Crippen molar-refractivity contribution in [1.29, 1.82) is 0 Å². The summed E-state index contributed by atoms with van der Waals surface area (Å²) in [5, 5.41) is 2.90. The Balaban J connectivity index is 2.24. The van der Waals surface area contributed by atoms with E-state index >= 15 is 0 Å². The van der Waals surface area contributed by atoms with E-state index in [1.54, 1.807) is 24.5 Å². The number of benzene rings is 1. The predicted molar refractivity (Wildman–Crippen MR) is 69.9 cm³/mol. The minimum atomic E-state index is -0.380. The predicted octanol–water partition coefficient (Wildman–Crippen LogP) is 2.55. The summed E-state index contributed by atoms with van der Waals surface area (Å²) in [7, 11) is 0. The second-order valence-corrected chi connectivity index (χ2v) is 4.28. The normalized spacial score (nSPS) is 12.1. The Morgan fingerprint density at radius 1 is 1.42 bits per heavy atom. The molecule has 2 aromatic rings. The van der Waals surface area contributed by atoms with Crippen LogP contribution < -0.4 is 5.32 Å². The van der Waals surface area contributed by atoms with Crippen LogP contribution in [0.25, 0.3) is 0 Å². The van der Waals surface area contributed by atoms with Gasteiger partial charge in [-0.2, -0.15) is 0 Å². The minimum absolute atomic E-state index is 0.0479. The van der Waals surface area contributed by atoms with E-state index in [0.29, 0.717) is 12.2 Å². The number of H-pyrrole nitrogens is 1. The molecule has 0 spiro atoms. The van der Waals surface area contributed by atoms with Crippen LogP contribution in [0.15, 0.2) is 36.7 Å². The van der Waals surface area contributed by atoms with Crippen molar-refractivity contribution in [2.45, 2.75) is 25.8 Å². The zero-order chi connectivity index (χ0) is 13.7. The van der Waals surface area contributed by atoms with Crippen molar-refractivity contribution in [2.75, 3.05) is 0 Å². The first kappa shape index (κ1) is 13.3. The smallest absolute Gasteiger partial charge is 0.220 e. The Morgan fingerprint density at radius 2 is 2.16 bits per heavy atom. The number of aromatic nitrogens is 2. The zero-order valence-corrected chi connectivity index (χ0v) is 10.7. The van der Waals surface area contributed by atoms with Gasteiger partial charge in [0, 0.05) is 18.8 Å². The fraction of sp³-hybridized carbons (Fsp3) is 0.286. The molecule has 0 aliphatic heterocycles. The number of hydrogen-bond acceptors (Lipinski definition) is 2. The quantitative estimate of drug-likeness (QED) is 0.869. The number of nitrogens with zero attached hydrogens (tertiary/aromatic N) is 1. The van der Waals surface area contributed by atoms with Crippen LogP contribution in [-0.2, 0) is 4.79 Å². The average molecular weight is 261 g/mol. The molecule has 1 aromatic carbocycles. The van der Waals surface area contributed by atoms with Crippen molar-refractivity contribution in [2.24, 2.45) is 0 Å². The average Bonchev–Trinajstić information content (AvgIpc) is 2.91. The van der Waals surface area contributed by atoms with Crippen LogP contribution in [-0.4, -0.2) is 15.9 Å². The van der Waals surface area contributed by atoms with E-state index in [4.69, 9.17) is 0 Å². The van der Waals surface area contributed by atoms with E-state index in [0.717, 1.165) is 12.0 Å². The summed E-state index contributed by atoms with van der Waals surface area (Å²) >= 11 is 0. The van der Waals surface area contributed by atoms with Crippen LogP contribution >= 0.6 is 0 Å². The van der Waals surface area contributed by atoms with Gasteiger partial charge in [0.25, 0.3) is 0 Å². The summed E-state index contributed by atoms with van der Waals surface area (Å²) in [5.41, 5.74) is 0.792. The number of hydrogen-bond donors (Lipinski definition) is 2. The van der Waals surface area contributed by atoms with Gasteiger partial charge in [0.2, 0.25) is 5.91 Å². The molecule has 2 rings (SSSR count). The van der Waals surface area contributed by atoms with Gasteiger partial charge >= 0.3 is 0 Å². The van der Waals surface area contributed by atoms with Gasteiger partial charge in [-0.25, -0.2) is 9.37 Å². The summed E-state index contributed by atoms with van der Waals surface area (Å²) < 4.78 is 13.0. The molecule has 100 valence electrons. The molecule has 1 unspecified atom stereocenters. The molecule has 0 bridgehead atoms. The highest BCUT2D eigenvalue weighted by molar-refractivity contribution is 5.76. The Labute approximate surface area is 111 Å². The molecule has 0 aliphatic rings. The maximum Gasteiger partial charge on any atom is 0.220 e. The first-order chi connectivity index (χ1) is 9.20. The second-order valence-electron chi connectivity index (χ2n) is 4.28. The molecule has 5 heteroatoms. The second kappa shape index (κ2) is 6.13. The van der Waals surface area contributed by atoms with E-state index in [2.05, 4.69) is 15.3 Å². The standard InChI is InChI=1S/C14H16FN3O/c1-2-3-12(19)18-13(14-16-8-9-17-14)10-4-6-11(15)7-5-10/h4-9,13H,2-3H2,1H3,(H,16,17)(H,18,19). The Kier molecular flexibility index (Phi) is 4.28. The first-order valence-electron chi connectivity index (χ1n) is 6.24. The minimum Gasteiger partial charge on any atom is -0.347 e. The Hall–Kier alpha value is -2.17. The Morgan fingerprint density at radius 3 is 2.74 bits per heavy atom. The van der Waals surface area contributed by atoms with Crippen molar-refractivity contribution in [3.8, 4) is 0 Å². The topological polar surface area (TPSA) is 57.8 Å². The summed E-state index contributed by atoms with van der Waals surface area (Å²) in [6, 6.07) is 5.66. The van der Waals surface area contributed by atoms with Gasteiger partial charge in [0.15, 0.2) is 0 Å². The van der Waals surface area contributed by atoms with Crippen molar-refractivity contribution in [1.82, 2.24) is 15.3 Å². The lowest BCUT2D eigenvalue weighted by atomic mass is 10.1. The van der Waals surface area contributed by atoms with Gasteiger partial charge in [-0.3, -0.25) is 4.79 Å². The SMILES string of the molecule is CCCC(=O)NC(c1ccc(F)cc1)c1ncc[nH]1. The number of carbonyl (C=O) groups excluding carboxylic acids is 1. The highest BCUT2D eigenvalue weighted by Crippen LogP contribution is 2.19. The van der Waals surface area contributed by atoms with Gasteiger partial charge in [0.05, 0.1) is 0 Å². The summed E-state index contributed by atoms with van der Waals surface area (Å²) in [4.78, 5) is 18.9. The van der Waals surface area contributed by atoms with Crippen molar-refractivity contribution >= 4 is 5.91 Å². The molecule has 0 saturated heterocycles. The summed E-state index contributed by atoms with van der Waals surface area (Å²) in [5.74, 6) is 0.283. The molecular weight excluding hydrogens is 245 g/mol. The molecular formula is C14H16FN3O. The largest absolute Gasteiger partial charge is 0.347 e. The summed E-state index contributed by atoms with van der Waals surface area (Å²) in [6.07, 6.45) is 4.55. The van der Waals surface area contributed by atoms with Gasteiger partial charge < -0.3 is 10.3 Å². The lowest BCUT2D eigenvalue weighted by molar-refractivity contribution is -0.121. The van der Waals surface area contributed by atoms with E-state index < -0.39 is 0 Å². The monoisotopic (exact) mass is 261 g/mol. The number of halogens is 1. The van der Waals surface area contributed by atoms with E-state index in [-0.39, 0.29) is 17.8 Å². The van der Waals surface area contributed by atoms with Crippen LogP contribution in [0.2, 0.25) is 0 Å². The Bertz CT molecular complexity index is 522. The molecule has 1 atom stereocenters. The van der Waals surface area contributed by atoms with Crippen LogP contribution in [0.5, 0.6) is 0 Å². The number of amides is 1. The van der Waals surface area contributed by atoms with Crippen LogP contribution in [0.3, 0.4) is 0 Å². The van der Waals surface area contributed by atoms with Crippen molar-refractivity contribution < 1.29 is 9.18 Å². The van der Waals surface area contributed by atoms with Crippen LogP contribution in [0, 0.1) is 5.82 Å². The maximum absolute atomic E-state index is 13.0. The van der Waals surface area contributed by atoms with Crippen LogP contribution in [0.1, 0.15) is 37.2 Å². The fourth-order valence-electron chi connectivity index (χ4n) is 1.86. The van der Waals surface area contributed by atoms with E-state index in [1.807, 2.05) is 6.92 Å². The third-order valence-electron chi connectivity index (χ3n) is 2.78. The number of imidazole rings is 1. The number of carbonyl (C=O) groups is 1. The third kappa shape index (κ3) is 3.40. The van der Waals surface area contributed by atoms with Gasteiger partial charge in [-0.05, 0) is 24.1 Å². The molecule has 1 heterocycles. The molecule has 0 aliphatic carbocycles. The molecule has 0 radical (unpaired) electrons. The third-order valence-corrected chi connectivity index (χ3v) is 2.78. The molecule has 0 saturated carbocycles. The maximum atomic E-state index is 13.0. The molecule has 1 aromatic heterocycles. The van der Waals surface area contributed by atoms with Crippen LogP contribution in [0.4, 0.5) is 4.39 Å². The molecule has 19 heavy (non-hydrogen) atoms. The number of aromatic amines is 1. The lowest BCUT2D eigenvalue weighted by Crippen LogP contribution is -2.29. The highest BCUT2D eigenvalue weighted by atomic mass is 19.1. The first-order valence-corrected chi connectivity index (χ1v) is 6.24. The van der Waals surface area contributed by atoms with Gasteiger partial charge in [-0.1, -0.05) is 19.1 Å². The zero-order valence-electron chi connectivity index (χ0n) is 10.7. The lowest BCUT2D eigenvalue weighted by Gasteiger charge is -2.17. The van der Waals surface area contributed by atoms with Gasteiger partial charge in [-0.15, -0.1) is 0 Å². The fourth-order valence-corrected chi connectivity index (χ4v) is 1.86. The van der Waals surface area contributed by atoms with E-state index in [1.165, 1.54) is 12.1 Å². The van der Waals surface area contributed by atoms with Gasteiger partial charge in [0.1, 0.15) is 17.7 Å². The summed E-state index contributed by atoms with van der Waals surface area (Å²) in [6.45, 7) is 1.94. The highest BCUT2D eigenvalue weighted by Gasteiger charge is 2.18. The van der Waals surface area contributed by atoms with Crippen molar-refractivity contribution in [3.63, 3.8) is 0 Å². The van der Waals surface area contributed by atoms with E-state index in [9.17, 15) is 9.18 Å². The molecule has 2 N–H and O–H groups in total. The van der Waals surface area contributed by atoms with Crippen molar-refractivity contribution in [3.05, 3.63) is 53.9 Å². The molecule has 0 fully saturated rings.